The molecule has 0 aliphatic carbocycles. The van der Waals surface area contributed by atoms with Gasteiger partial charge in [0.15, 0.2) is 5.16 Å². The summed E-state index contributed by atoms with van der Waals surface area (Å²) >= 11 is 3.56. The van der Waals surface area contributed by atoms with Crippen molar-refractivity contribution in [1.29, 1.82) is 0 Å². The molecule has 0 spiro atoms. The quantitative estimate of drug-likeness (QED) is 0.472. The fourth-order valence-corrected chi connectivity index (χ4v) is 2.89. The van der Waals surface area contributed by atoms with Gasteiger partial charge in [-0.25, -0.2) is 9.97 Å². The molecule has 0 saturated heterocycles. The average molecular weight is 266 g/mol. The lowest BCUT2D eigenvalue weighted by Gasteiger charge is -2.00. The molecule has 0 radical (unpaired) electrons. The predicted octanol–water partition coefficient (Wildman–Crippen LogP) is 1.78. The van der Waals surface area contributed by atoms with Crippen molar-refractivity contribution in [2.75, 3.05) is 12.3 Å². The molecule has 0 aromatic carbocycles. The minimum atomic E-state index is 0.880. The summed E-state index contributed by atoms with van der Waals surface area (Å²) in [5.41, 5.74) is 0. The summed E-state index contributed by atoms with van der Waals surface area (Å²) in [7, 11) is 0. The molecule has 0 bridgehead atoms. The lowest BCUT2D eigenvalue weighted by molar-refractivity contribution is -0.669. The highest BCUT2D eigenvalue weighted by molar-refractivity contribution is 7.99. The number of hydrogen-bond acceptors (Lipinski definition) is 4. The van der Waals surface area contributed by atoms with Gasteiger partial charge in [0.2, 0.25) is 0 Å². The van der Waals surface area contributed by atoms with Gasteiger partial charge in [0.1, 0.15) is 6.54 Å². The van der Waals surface area contributed by atoms with E-state index in [1.807, 2.05) is 17.4 Å². The normalized spacial score (nSPS) is 10.6. The number of quaternary nitrogens is 1. The second-order valence-electron chi connectivity index (χ2n) is 3.59. The Hall–Kier alpha value is -0.910. The third-order valence-corrected chi connectivity index (χ3v) is 4.11. The fourth-order valence-electron chi connectivity index (χ4n) is 1.42. The Labute approximate surface area is 110 Å². The molecule has 0 amide bonds. The minimum Gasteiger partial charge on any atom is -0.342 e. The zero-order valence-corrected chi connectivity index (χ0v) is 11.2. The molecule has 2 N–H and O–H groups in total. The van der Waals surface area contributed by atoms with Crippen LogP contribution in [-0.4, -0.2) is 22.3 Å². The number of thioether (sulfide) groups is 1. The fraction of sp³-hybridized carbons (Fsp3) is 0.333. The summed E-state index contributed by atoms with van der Waals surface area (Å²) in [6.45, 7) is 2.27. The van der Waals surface area contributed by atoms with E-state index in [0.717, 1.165) is 24.0 Å². The zero-order valence-electron chi connectivity index (χ0n) is 9.58. The molecule has 2 aromatic rings. The van der Waals surface area contributed by atoms with Crippen LogP contribution in [0.4, 0.5) is 0 Å². The first kappa shape index (κ1) is 12.5. The largest absolute Gasteiger partial charge is 0.342 e. The Morgan fingerprint density at radius 3 is 2.88 bits per heavy atom. The van der Waals surface area contributed by atoms with Gasteiger partial charge in [-0.15, -0.1) is 11.3 Å². The lowest BCUT2D eigenvalue weighted by Crippen LogP contribution is -2.82. The number of nitrogens with two attached hydrogens (primary N) is 1. The van der Waals surface area contributed by atoms with Crippen molar-refractivity contribution < 1.29 is 5.32 Å². The second kappa shape index (κ2) is 7.42. The van der Waals surface area contributed by atoms with Crippen LogP contribution in [0.15, 0.2) is 41.1 Å². The van der Waals surface area contributed by atoms with Crippen LogP contribution in [0, 0.1) is 0 Å². The van der Waals surface area contributed by atoms with Gasteiger partial charge >= 0.3 is 0 Å². The van der Waals surface area contributed by atoms with Gasteiger partial charge in [-0.1, -0.05) is 17.8 Å². The molecular weight excluding hydrogens is 250 g/mol. The Bertz CT molecular complexity index is 403. The average Bonchev–Trinajstić information content (AvgIpc) is 2.88. The third kappa shape index (κ3) is 4.85. The van der Waals surface area contributed by atoms with Crippen molar-refractivity contribution in [2.45, 2.75) is 18.1 Å². The predicted molar refractivity (Wildman–Crippen MR) is 72.2 cm³/mol. The van der Waals surface area contributed by atoms with Gasteiger partial charge in [0.25, 0.3) is 0 Å². The van der Waals surface area contributed by atoms with E-state index in [-0.39, 0.29) is 0 Å². The maximum Gasteiger partial charge on any atom is 0.187 e. The smallest absolute Gasteiger partial charge is 0.187 e. The molecule has 0 saturated carbocycles. The number of hydrogen-bond donors (Lipinski definition) is 1. The Balaban J connectivity index is 1.52. The van der Waals surface area contributed by atoms with Crippen molar-refractivity contribution >= 4 is 23.1 Å². The van der Waals surface area contributed by atoms with Crippen LogP contribution in [0.1, 0.15) is 11.3 Å². The summed E-state index contributed by atoms with van der Waals surface area (Å²) in [5, 5.41) is 5.37. The van der Waals surface area contributed by atoms with Crippen molar-refractivity contribution in [3.05, 3.63) is 40.8 Å². The van der Waals surface area contributed by atoms with Crippen LogP contribution < -0.4 is 5.32 Å². The van der Waals surface area contributed by atoms with Gasteiger partial charge in [0.05, 0.1) is 11.4 Å². The van der Waals surface area contributed by atoms with Crippen LogP contribution in [0.3, 0.4) is 0 Å². The van der Waals surface area contributed by atoms with Crippen LogP contribution >= 0.6 is 23.1 Å². The highest BCUT2D eigenvalue weighted by Gasteiger charge is 1.98. The van der Waals surface area contributed by atoms with Gasteiger partial charge in [-0.3, -0.25) is 0 Å². The maximum absolute atomic E-state index is 4.18. The SMILES string of the molecule is c1cnc(SCCC[NH2+]Cc2cccs2)nc1. The van der Waals surface area contributed by atoms with Crippen LogP contribution in [0.25, 0.3) is 0 Å². The molecule has 0 aliphatic rings. The zero-order chi connectivity index (χ0) is 11.8. The van der Waals surface area contributed by atoms with Gasteiger partial charge < -0.3 is 5.32 Å². The second-order valence-corrected chi connectivity index (χ2v) is 5.69. The van der Waals surface area contributed by atoms with E-state index in [2.05, 4.69) is 32.8 Å². The number of rotatable bonds is 7. The summed E-state index contributed by atoms with van der Waals surface area (Å²) < 4.78 is 0. The molecule has 2 rings (SSSR count). The summed E-state index contributed by atoms with van der Waals surface area (Å²) in [4.78, 5) is 9.81. The van der Waals surface area contributed by atoms with Gasteiger partial charge in [0, 0.05) is 24.6 Å². The Morgan fingerprint density at radius 1 is 1.24 bits per heavy atom. The molecule has 0 fully saturated rings. The molecular formula is C12H16N3S2+. The van der Waals surface area contributed by atoms with E-state index in [0.29, 0.717) is 0 Å². The molecule has 0 aliphatic heterocycles. The summed E-state index contributed by atoms with van der Waals surface area (Å²) in [6.07, 6.45) is 4.77. The van der Waals surface area contributed by atoms with Crippen molar-refractivity contribution in [3.63, 3.8) is 0 Å². The third-order valence-electron chi connectivity index (χ3n) is 2.25. The summed E-state index contributed by atoms with van der Waals surface area (Å²) in [5.74, 6) is 1.09. The lowest BCUT2D eigenvalue weighted by atomic mass is 10.4. The number of nitrogens with zero attached hydrogens (tertiary/aromatic N) is 2. The topological polar surface area (TPSA) is 42.4 Å². The van der Waals surface area contributed by atoms with Gasteiger partial charge in [-0.05, 0) is 17.5 Å². The Kier molecular flexibility index (Phi) is 5.48. The highest BCUT2D eigenvalue weighted by Crippen LogP contribution is 2.11. The first-order valence-corrected chi connectivity index (χ1v) is 7.55. The van der Waals surface area contributed by atoms with Crippen molar-refractivity contribution in [2.24, 2.45) is 0 Å². The first-order chi connectivity index (χ1) is 8.45. The van der Waals surface area contributed by atoms with E-state index < -0.39 is 0 Å². The van der Waals surface area contributed by atoms with Crippen LogP contribution in [-0.2, 0) is 6.54 Å². The molecule has 0 unspecified atom stereocenters. The standard InChI is InChI=1S/C12H15N3S2/c1-4-11(16-8-1)10-13-5-3-9-17-12-14-6-2-7-15-12/h1-2,4,6-8,13H,3,5,9-10H2/p+1. The molecule has 3 nitrogen and oxygen atoms in total. The monoisotopic (exact) mass is 266 g/mol. The van der Waals surface area contributed by atoms with E-state index >= 15 is 0 Å². The maximum atomic E-state index is 4.18. The minimum absolute atomic E-state index is 0.880. The van der Waals surface area contributed by atoms with E-state index in [1.165, 1.54) is 11.3 Å². The molecule has 17 heavy (non-hydrogen) atoms. The van der Waals surface area contributed by atoms with E-state index in [4.69, 9.17) is 0 Å². The van der Waals surface area contributed by atoms with E-state index in [9.17, 15) is 0 Å². The summed E-state index contributed by atoms with van der Waals surface area (Å²) in [6, 6.07) is 6.14. The molecule has 0 atom stereocenters. The van der Waals surface area contributed by atoms with Crippen LogP contribution in [0.2, 0.25) is 0 Å². The number of aromatic nitrogens is 2. The van der Waals surface area contributed by atoms with Crippen molar-refractivity contribution in [1.82, 2.24) is 9.97 Å². The Morgan fingerprint density at radius 2 is 2.12 bits per heavy atom. The van der Waals surface area contributed by atoms with Crippen molar-refractivity contribution in [3.8, 4) is 0 Å². The van der Waals surface area contributed by atoms with Gasteiger partial charge in [-0.2, -0.15) is 0 Å². The highest BCUT2D eigenvalue weighted by atomic mass is 32.2. The molecule has 90 valence electrons. The molecule has 2 aromatic heterocycles. The molecule has 5 heteroatoms. The van der Waals surface area contributed by atoms with E-state index in [1.54, 1.807) is 24.2 Å². The molecule has 2 heterocycles. The number of thiophene rings is 1. The first-order valence-electron chi connectivity index (χ1n) is 5.69. The van der Waals surface area contributed by atoms with Crippen LogP contribution in [0.5, 0.6) is 0 Å².